The summed E-state index contributed by atoms with van der Waals surface area (Å²) < 4.78 is 36.8. The summed E-state index contributed by atoms with van der Waals surface area (Å²) >= 11 is 0. The van der Waals surface area contributed by atoms with Gasteiger partial charge >= 0.3 is 11.9 Å². The quantitative estimate of drug-likeness (QED) is 0.0992. The number of likely N-dealkylation sites (N-methyl/N-ethyl adjacent to an activating group) is 1. The van der Waals surface area contributed by atoms with E-state index < -0.39 is 17.7 Å². The molecular weight excluding hydrogens is 430 g/mol. The summed E-state index contributed by atoms with van der Waals surface area (Å²) in [4.78, 5) is 32.4. The third kappa shape index (κ3) is 23.0. The van der Waals surface area contributed by atoms with E-state index in [1.54, 1.807) is 0 Å². The standard InChI is InChI=1S/C20H37NO11/c1-21-4-5-26-6-7-27-8-9-28-10-11-29-12-13-30-14-15-31-16-17-32-19(23)3-2-18(22)20(24)25/h21H,2-17H2,1H3,(H,24,25). The van der Waals surface area contributed by atoms with Crippen LogP contribution in [0.5, 0.6) is 0 Å². The predicted octanol–water partition coefficient (Wildman–Crippen LogP) is -0.717. The molecule has 0 aromatic rings. The van der Waals surface area contributed by atoms with Crippen molar-refractivity contribution in [1.82, 2.24) is 5.32 Å². The Kier molecular flexibility index (Phi) is 22.7. The van der Waals surface area contributed by atoms with Crippen molar-refractivity contribution >= 4 is 17.7 Å². The highest BCUT2D eigenvalue weighted by molar-refractivity contribution is 6.32. The topological polar surface area (TPSA) is 148 Å². The van der Waals surface area contributed by atoms with Crippen molar-refractivity contribution in [2.24, 2.45) is 0 Å². The van der Waals surface area contributed by atoms with Crippen LogP contribution >= 0.6 is 0 Å². The smallest absolute Gasteiger partial charge is 0.372 e. The molecule has 0 aliphatic heterocycles. The lowest BCUT2D eigenvalue weighted by molar-refractivity contribution is -0.151. The van der Waals surface area contributed by atoms with Gasteiger partial charge in [0, 0.05) is 13.0 Å². The molecule has 0 spiro atoms. The Labute approximate surface area is 188 Å². The van der Waals surface area contributed by atoms with Crippen molar-refractivity contribution in [2.75, 3.05) is 99.5 Å². The third-order valence-electron chi connectivity index (χ3n) is 3.64. The van der Waals surface area contributed by atoms with Gasteiger partial charge in [0.1, 0.15) is 6.61 Å². The molecule has 188 valence electrons. The van der Waals surface area contributed by atoms with E-state index in [1.807, 2.05) is 7.05 Å². The molecule has 0 radical (unpaired) electrons. The number of rotatable bonds is 25. The minimum Gasteiger partial charge on any atom is -0.476 e. The number of carboxylic acid groups (broad SMARTS) is 1. The van der Waals surface area contributed by atoms with Gasteiger partial charge in [-0.05, 0) is 7.05 Å². The average molecular weight is 468 g/mol. The van der Waals surface area contributed by atoms with E-state index >= 15 is 0 Å². The van der Waals surface area contributed by atoms with E-state index in [1.165, 1.54) is 0 Å². The molecule has 0 saturated heterocycles. The van der Waals surface area contributed by atoms with Crippen LogP contribution in [-0.2, 0) is 47.5 Å². The maximum atomic E-state index is 11.3. The molecular formula is C20H37NO11. The van der Waals surface area contributed by atoms with Crippen LogP contribution in [0.1, 0.15) is 12.8 Å². The summed E-state index contributed by atoms with van der Waals surface area (Å²) in [6.07, 6.45) is -0.640. The minimum atomic E-state index is -1.56. The Balaban J connectivity index is 3.15. The molecule has 0 heterocycles. The van der Waals surface area contributed by atoms with Crippen molar-refractivity contribution in [2.45, 2.75) is 12.8 Å². The van der Waals surface area contributed by atoms with E-state index in [0.717, 1.165) is 6.54 Å². The largest absolute Gasteiger partial charge is 0.476 e. The average Bonchev–Trinajstić information content (AvgIpc) is 2.78. The Bertz CT molecular complexity index is 476. The van der Waals surface area contributed by atoms with Gasteiger partial charge in [-0.2, -0.15) is 0 Å². The molecule has 0 amide bonds. The van der Waals surface area contributed by atoms with Crippen LogP contribution in [0.15, 0.2) is 0 Å². The SMILES string of the molecule is CNCCOCCOCCOCCOCCOCCOCCOC(=O)CCC(=O)C(=O)O. The van der Waals surface area contributed by atoms with Crippen LogP contribution in [0.3, 0.4) is 0 Å². The highest BCUT2D eigenvalue weighted by atomic mass is 16.6. The Morgan fingerprint density at radius 1 is 0.594 bits per heavy atom. The van der Waals surface area contributed by atoms with E-state index in [9.17, 15) is 14.4 Å². The summed E-state index contributed by atoms with van der Waals surface area (Å²) in [6.45, 7) is 6.36. The van der Waals surface area contributed by atoms with Crippen molar-refractivity contribution < 1.29 is 52.6 Å². The fourth-order valence-electron chi connectivity index (χ4n) is 1.98. The van der Waals surface area contributed by atoms with Crippen molar-refractivity contribution in [1.29, 1.82) is 0 Å². The van der Waals surface area contributed by atoms with Crippen LogP contribution in [0.2, 0.25) is 0 Å². The Morgan fingerprint density at radius 2 is 0.969 bits per heavy atom. The van der Waals surface area contributed by atoms with Crippen LogP contribution in [0.25, 0.3) is 0 Å². The molecule has 12 heteroatoms. The van der Waals surface area contributed by atoms with Crippen LogP contribution in [-0.4, -0.2) is 122 Å². The van der Waals surface area contributed by atoms with Gasteiger partial charge in [-0.3, -0.25) is 9.59 Å². The van der Waals surface area contributed by atoms with Gasteiger partial charge in [0.2, 0.25) is 5.78 Å². The molecule has 2 N–H and O–H groups in total. The molecule has 0 bridgehead atoms. The number of carboxylic acids is 1. The molecule has 0 rings (SSSR count). The maximum Gasteiger partial charge on any atom is 0.372 e. The number of hydrogen-bond donors (Lipinski definition) is 2. The first kappa shape index (κ1) is 30.3. The number of nitrogens with one attached hydrogen (secondary N) is 1. The summed E-state index contributed by atoms with van der Waals surface area (Å²) in [5, 5.41) is 11.4. The Hall–Kier alpha value is -1.67. The number of esters is 1. The molecule has 0 atom stereocenters. The fourth-order valence-corrected chi connectivity index (χ4v) is 1.98. The molecule has 0 unspecified atom stereocenters. The monoisotopic (exact) mass is 467 g/mol. The first-order valence-corrected chi connectivity index (χ1v) is 10.6. The number of ketones is 1. The second-order valence-electron chi connectivity index (χ2n) is 6.23. The summed E-state index contributed by atoms with van der Waals surface area (Å²) in [5.74, 6) is -3.22. The van der Waals surface area contributed by atoms with E-state index in [4.69, 9.17) is 38.3 Å². The van der Waals surface area contributed by atoms with Crippen molar-refractivity contribution in [3.05, 3.63) is 0 Å². The first-order valence-electron chi connectivity index (χ1n) is 10.6. The maximum absolute atomic E-state index is 11.3. The van der Waals surface area contributed by atoms with Crippen LogP contribution < -0.4 is 5.32 Å². The highest BCUT2D eigenvalue weighted by Crippen LogP contribution is 1.95. The van der Waals surface area contributed by atoms with Gasteiger partial charge < -0.3 is 43.6 Å². The second kappa shape index (κ2) is 24.0. The lowest BCUT2D eigenvalue weighted by Crippen LogP contribution is -2.17. The number of hydrogen-bond acceptors (Lipinski definition) is 11. The highest BCUT2D eigenvalue weighted by Gasteiger charge is 2.14. The van der Waals surface area contributed by atoms with Crippen molar-refractivity contribution in [3.63, 3.8) is 0 Å². The zero-order chi connectivity index (χ0) is 23.7. The zero-order valence-electron chi connectivity index (χ0n) is 18.8. The van der Waals surface area contributed by atoms with Gasteiger partial charge in [-0.15, -0.1) is 0 Å². The van der Waals surface area contributed by atoms with Crippen LogP contribution in [0.4, 0.5) is 0 Å². The number of Topliss-reactive ketones (excluding diaryl/α,β-unsaturated/α-hetero) is 1. The van der Waals surface area contributed by atoms with Gasteiger partial charge in [0.15, 0.2) is 0 Å². The second-order valence-corrected chi connectivity index (χ2v) is 6.23. The Morgan fingerprint density at radius 3 is 1.34 bits per heavy atom. The van der Waals surface area contributed by atoms with Gasteiger partial charge in [0.25, 0.3) is 0 Å². The van der Waals surface area contributed by atoms with Gasteiger partial charge in [-0.1, -0.05) is 0 Å². The molecule has 0 aromatic carbocycles. The van der Waals surface area contributed by atoms with Gasteiger partial charge in [-0.25, -0.2) is 4.79 Å². The third-order valence-corrected chi connectivity index (χ3v) is 3.64. The lowest BCUT2D eigenvalue weighted by atomic mass is 10.2. The molecule has 32 heavy (non-hydrogen) atoms. The summed E-state index contributed by atoms with van der Waals surface area (Å²) in [5.41, 5.74) is 0. The number of carbonyl (C=O) groups is 3. The van der Waals surface area contributed by atoms with Crippen molar-refractivity contribution in [3.8, 4) is 0 Å². The number of carbonyl (C=O) groups excluding carboxylic acids is 2. The fraction of sp³-hybridized carbons (Fsp3) is 0.850. The molecule has 0 saturated carbocycles. The summed E-state index contributed by atoms with van der Waals surface area (Å²) in [6, 6.07) is 0. The predicted molar refractivity (Wildman–Crippen MR) is 112 cm³/mol. The van der Waals surface area contributed by atoms with Crippen LogP contribution in [0, 0.1) is 0 Å². The first-order chi connectivity index (χ1) is 15.6. The molecule has 12 nitrogen and oxygen atoms in total. The van der Waals surface area contributed by atoms with E-state index in [-0.39, 0.29) is 26.1 Å². The molecule has 0 aromatic heterocycles. The minimum absolute atomic E-state index is 0.0265. The summed E-state index contributed by atoms with van der Waals surface area (Å²) in [7, 11) is 1.88. The molecule has 0 fully saturated rings. The van der Waals surface area contributed by atoms with Gasteiger partial charge in [0.05, 0.1) is 85.7 Å². The normalized spacial score (nSPS) is 10.9. The van der Waals surface area contributed by atoms with E-state index in [0.29, 0.717) is 72.7 Å². The number of ether oxygens (including phenoxy) is 7. The molecule has 0 aliphatic carbocycles. The molecule has 0 aliphatic rings. The lowest BCUT2D eigenvalue weighted by Gasteiger charge is -2.08. The zero-order valence-corrected chi connectivity index (χ0v) is 18.8. The number of aliphatic carboxylic acids is 1. The van der Waals surface area contributed by atoms with E-state index in [2.05, 4.69) is 5.32 Å².